The third-order valence-electron chi connectivity index (χ3n) is 4.10. The Morgan fingerprint density at radius 3 is 2.16 bits per heavy atom. The van der Waals surface area contributed by atoms with E-state index in [4.69, 9.17) is 9.47 Å². The SMILES string of the molecule is O=C(Cc1ccccc1)NCC(=O)OCC(=O)Nc1cccc(Oc2ccccc2)c1. The van der Waals surface area contributed by atoms with E-state index < -0.39 is 18.5 Å². The molecule has 0 aliphatic heterocycles. The monoisotopic (exact) mass is 418 g/mol. The standard InChI is InChI=1S/C24H22N2O5/c27-22(14-18-8-3-1-4-9-18)25-16-24(29)30-17-23(28)26-19-10-7-13-21(15-19)31-20-11-5-2-6-12-20/h1-13,15H,14,16-17H2,(H,25,27)(H,26,28). The van der Waals surface area contributed by atoms with E-state index in [-0.39, 0.29) is 18.9 Å². The maximum atomic E-state index is 12.0. The molecule has 0 saturated carbocycles. The summed E-state index contributed by atoms with van der Waals surface area (Å²) >= 11 is 0. The molecule has 0 fully saturated rings. The van der Waals surface area contributed by atoms with Gasteiger partial charge in [-0.15, -0.1) is 0 Å². The second kappa shape index (κ2) is 11.2. The molecule has 3 aromatic carbocycles. The number of amides is 2. The van der Waals surface area contributed by atoms with Gasteiger partial charge in [0.2, 0.25) is 5.91 Å². The minimum Gasteiger partial charge on any atom is -0.457 e. The Bertz CT molecular complexity index is 1020. The highest BCUT2D eigenvalue weighted by atomic mass is 16.5. The zero-order valence-corrected chi connectivity index (χ0v) is 16.7. The van der Waals surface area contributed by atoms with Gasteiger partial charge in [-0.25, -0.2) is 0 Å². The third-order valence-corrected chi connectivity index (χ3v) is 4.10. The Balaban J connectivity index is 1.39. The summed E-state index contributed by atoms with van der Waals surface area (Å²) in [6, 6.07) is 25.3. The molecule has 2 N–H and O–H groups in total. The number of ether oxygens (including phenoxy) is 2. The summed E-state index contributed by atoms with van der Waals surface area (Å²) in [6.07, 6.45) is 0.163. The molecule has 0 bridgehead atoms. The molecule has 3 aromatic rings. The van der Waals surface area contributed by atoms with Crippen molar-refractivity contribution in [2.75, 3.05) is 18.5 Å². The molecule has 0 aliphatic carbocycles. The van der Waals surface area contributed by atoms with Crippen LogP contribution in [-0.2, 0) is 25.5 Å². The number of hydrogen-bond donors (Lipinski definition) is 2. The van der Waals surface area contributed by atoms with Crippen LogP contribution in [0.3, 0.4) is 0 Å². The van der Waals surface area contributed by atoms with Crippen molar-refractivity contribution in [3.8, 4) is 11.5 Å². The Labute approximate surface area is 180 Å². The van der Waals surface area contributed by atoms with Crippen LogP contribution < -0.4 is 15.4 Å². The van der Waals surface area contributed by atoms with Gasteiger partial charge in [0.1, 0.15) is 18.0 Å². The molecule has 31 heavy (non-hydrogen) atoms. The predicted octanol–water partition coefficient (Wildman–Crippen LogP) is 3.32. The van der Waals surface area contributed by atoms with Crippen molar-refractivity contribution >= 4 is 23.5 Å². The van der Waals surface area contributed by atoms with Gasteiger partial charge in [0.15, 0.2) is 6.61 Å². The lowest BCUT2D eigenvalue weighted by molar-refractivity contribution is -0.147. The molecular formula is C24H22N2O5. The van der Waals surface area contributed by atoms with Gasteiger partial charge >= 0.3 is 5.97 Å². The molecule has 7 heteroatoms. The molecule has 0 heterocycles. The molecule has 158 valence electrons. The zero-order chi connectivity index (χ0) is 21.9. The van der Waals surface area contributed by atoms with Crippen LogP contribution in [0, 0.1) is 0 Å². The highest BCUT2D eigenvalue weighted by Crippen LogP contribution is 2.23. The fourth-order valence-electron chi connectivity index (χ4n) is 2.67. The molecule has 0 saturated heterocycles. The van der Waals surface area contributed by atoms with Gasteiger partial charge in [-0.3, -0.25) is 14.4 Å². The van der Waals surface area contributed by atoms with Crippen LogP contribution in [-0.4, -0.2) is 30.9 Å². The number of anilines is 1. The summed E-state index contributed by atoms with van der Waals surface area (Å²) in [5, 5.41) is 5.11. The fourth-order valence-corrected chi connectivity index (χ4v) is 2.67. The number of para-hydroxylation sites is 1. The first-order chi connectivity index (χ1) is 15.1. The molecule has 0 unspecified atom stereocenters. The van der Waals surface area contributed by atoms with E-state index in [2.05, 4.69) is 10.6 Å². The van der Waals surface area contributed by atoms with Crippen LogP contribution in [0.1, 0.15) is 5.56 Å². The van der Waals surface area contributed by atoms with Gasteiger partial charge in [-0.2, -0.15) is 0 Å². The van der Waals surface area contributed by atoms with Gasteiger partial charge in [-0.05, 0) is 29.8 Å². The van der Waals surface area contributed by atoms with Gasteiger partial charge in [0, 0.05) is 11.8 Å². The topological polar surface area (TPSA) is 93.7 Å². The third kappa shape index (κ3) is 7.66. The smallest absolute Gasteiger partial charge is 0.325 e. The lowest BCUT2D eigenvalue weighted by Crippen LogP contribution is -2.33. The summed E-state index contributed by atoms with van der Waals surface area (Å²) in [4.78, 5) is 35.7. The lowest BCUT2D eigenvalue weighted by Gasteiger charge is -2.10. The molecule has 0 atom stereocenters. The molecule has 0 radical (unpaired) electrons. The number of nitrogens with one attached hydrogen (secondary N) is 2. The molecule has 0 aromatic heterocycles. The van der Waals surface area contributed by atoms with Crippen molar-refractivity contribution in [2.45, 2.75) is 6.42 Å². The Hall–Kier alpha value is -4.13. The summed E-state index contributed by atoms with van der Waals surface area (Å²) in [6.45, 7) is -0.767. The first-order valence-electron chi connectivity index (χ1n) is 9.67. The van der Waals surface area contributed by atoms with Crippen LogP contribution in [0.2, 0.25) is 0 Å². The van der Waals surface area contributed by atoms with Crippen molar-refractivity contribution in [3.05, 3.63) is 90.5 Å². The first-order valence-corrected chi connectivity index (χ1v) is 9.67. The van der Waals surface area contributed by atoms with Crippen molar-refractivity contribution in [2.24, 2.45) is 0 Å². The lowest BCUT2D eigenvalue weighted by atomic mass is 10.1. The average molecular weight is 418 g/mol. The van der Waals surface area contributed by atoms with Gasteiger partial charge in [0.25, 0.3) is 5.91 Å². The van der Waals surface area contributed by atoms with E-state index >= 15 is 0 Å². The molecule has 7 nitrogen and oxygen atoms in total. The number of esters is 1. The summed E-state index contributed by atoms with van der Waals surface area (Å²) in [7, 11) is 0. The van der Waals surface area contributed by atoms with E-state index in [1.807, 2.05) is 60.7 Å². The summed E-state index contributed by atoms with van der Waals surface area (Å²) in [5.74, 6) is -0.266. The van der Waals surface area contributed by atoms with Crippen LogP contribution >= 0.6 is 0 Å². The zero-order valence-electron chi connectivity index (χ0n) is 16.7. The molecule has 0 spiro atoms. The van der Waals surface area contributed by atoms with E-state index in [0.29, 0.717) is 17.2 Å². The van der Waals surface area contributed by atoms with Crippen LogP contribution in [0.4, 0.5) is 5.69 Å². The average Bonchev–Trinajstić information content (AvgIpc) is 2.78. The van der Waals surface area contributed by atoms with E-state index in [1.165, 1.54) is 0 Å². The fraction of sp³-hybridized carbons (Fsp3) is 0.125. The highest BCUT2D eigenvalue weighted by Gasteiger charge is 2.10. The number of hydrogen-bond acceptors (Lipinski definition) is 5. The molecule has 0 aliphatic rings. The second-order valence-corrected chi connectivity index (χ2v) is 6.59. The van der Waals surface area contributed by atoms with Crippen molar-refractivity contribution < 1.29 is 23.9 Å². The maximum Gasteiger partial charge on any atom is 0.325 e. The van der Waals surface area contributed by atoms with Gasteiger partial charge in [0.05, 0.1) is 6.42 Å². The van der Waals surface area contributed by atoms with Crippen LogP contribution in [0.25, 0.3) is 0 Å². The minimum atomic E-state index is -0.697. The molecule has 2 amide bonds. The highest BCUT2D eigenvalue weighted by molar-refractivity contribution is 5.93. The number of rotatable bonds is 9. The van der Waals surface area contributed by atoms with Gasteiger partial charge < -0.3 is 20.1 Å². The van der Waals surface area contributed by atoms with Crippen molar-refractivity contribution in [3.63, 3.8) is 0 Å². The van der Waals surface area contributed by atoms with E-state index in [0.717, 1.165) is 5.56 Å². The minimum absolute atomic E-state index is 0.163. The quantitative estimate of drug-likeness (QED) is 0.520. The predicted molar refractivity (Wildman–Crippen MR) is 116 cm³/mol. The Morgan fingerprint density at radius 1 is 0.742 bits per heavy atom. The Morgan fingerprint density at radius 2 is 1.42 bits per heavy atom. The largest absolute Gasteiger partial charge is 0.457 e. The number of carbonyl (C=O) groups excluding carboxylic acids is 3. The van der Waals surface area contributed by atoms with Crippen molar-refractivity contribution in [1.82, 2.24) is 5.32 Å². The van der Waals surface area contributed by atoms with E-state index in [1.54, 1.807) is 24.3 Å². The Kier molecular flexibility index (Phi) is 7.77. The summed E-state index contributed by atoms with van der Waals surface area (Å²) < 4.78 is 10.6. The first kappa shape index (κ1) is 21.6. The van der Waals surface area contributed by atoms with E-state index in [9.17, 15) is 14.4 Å². The van der Waals surface area contributed by atoms with Crippen LogP contribution in [0.15, 0.2) is 84.9 Å². The van der Waals surface area contributed by atoms with Crippen molar-refractivity contribution in [1.29, 1.82) is 0 Å². The molecule has 3 rings (SSSR count). The normalized spacial score (nSPS) is 10.1. The summed E-state index contributed by atoms with van der Waals surface area (Å²) in [5.41, 5.74) is 1.34. The van der Waals surface area contributed by atoms with Gasteiger partial charge in [-0.1, -0.05) is 54.6 Å². The molecular weight excluding hydrogens is 396 g/mol. The van der Waals surface area contributed by atoms with Crippen LogP contribution in [0.5, 0.6) is 11.5 Å². The maximum absolute atomic E-state index is 12.0. The number of carbonyl (C=O) groups is 3. The second-order valence-electron chi connectivity index (χ2n) is 6.59. The number of benzene rings is 3.